The van der Waals surface area contributed by atoms with Crippen molar-refractivity contribution < 1.29 is 0 Å². The monoisotopic (exact) mass is 265 g/mol. The molecule has 3 nitrogen and oxygen atoms in total. The molecular weight excluding hydrogens is 246 g/mol. The Balaban J connectivity index is 2.06. The highest BCUT2D eigenvalue weighted by molar-refractivity contribution is 5.59. The van der Waals surface area contributed by atoms with Crippen molar-refractivity contribution >= 4 is 5.69 Å². The molecule has 1 aromatic carbocycles. The molecule has 1 heterocycles. The third kappa shape index (κ3) is 3.36. The fourth-order valence-corrected chi connectivity index (χ4v) is 2.32. The van der Waals surface area contributed by atoms with Crippen molar-refractivity contribution in [2.24, 2.45) is 0 Å². The molecule has 0 fully saturated rings. The molecule has 20 heavy (non-hydrogen) atoms. The van der Waals surface area contributed by atoms with Crippen molar-refractivity contribution in [3.8, 4) is 6.07 Å². The number of aromatic nitrogens is 1. The number of anilines is 1. The second-order valence-corrected chi connectivity index (χ2v) is 5.05. The lowest BCUT2D eigenvalue weighted by Gasteiger charge is -2.11. The Morgan fingerprint density at radius 1 is 1.20 bits per heavy atom. The molecule has 3 heteroatoms. The Bertz CT molecular complexity index is 654. The van der Waals surface area contributed by atoms with E-state index in [0.29, 0.717) is 5.56 Å². The molecule has 0 bridgehead atoms. The Morgan fingerprint density at radius 2 is 2.00 bits per heavy atom. The van der Waals surface area contributed by atoms with Crippen molar-refractivity contribution in [1.29, 1.82) is 5.26 Å². The number of hydrogen-bond acceptors (Lipinski definition) is 3. The summed E-state index contributed by atoms with van der Waals surface area (Å²) in [6.45, 7) is 6.72. The van der Waals surface area contributed by atoms with Crippen LogP contribution in [0, 0.1) is 32.1 Å². The Morgan fingerprint density at radius 3 is 2.70 bits per heavy atom. The highest BCUT2D eigenvalue weighted by atomic mass is 14.9. The highest BCUT2D eigenvalue weighted by Crippen LogP contribution is 2.18. The van der Waals surface area contributed by atoms with Gasteiger partial charge in [-0.3, -0.25) is 4.98 Å². The molecule has 2 aromatic rings. The van der Waals surface area contributed by atoms with E-state index in [-0.39, 0.29) is 0 Å². The summed E-state index contributed by atoms with van der Waals surface area (Å²) in [5.74, 6) is 0. The topological polar surface area (TPSA) is 48.7 Å². The van der Waals surface area contributed by atoms with Crippen LogP contribution in [0.4, 0.5) is 5.69 Å². The predicted octanol–water partition coefficient (Wildman–Crippen LogP) is 3.53. The fourth-order valence-electron chi connectivity index (χ4n) is 2.32. The first kappa shape index (κ1) is 14.1. The maximum absolute atomic E-state index is 9.21. The van der Waals surface area contributed by atoms with Crippen molar-refractivity contribution in [1.82, 2.24) is 4.98 Å². The molecule has 0 saturated heterocycles. The van der Waals surface area contributed by atoms with Crippen LogP contribution in [0.1, 0.15) is 28.1 Å². The summed E-state index contributed by atoms with van der Waals surface area (Å²) in [5, 5.41) is 12.6. The molecule has 1 aromatic heterocycles. The number of nitrogens with zero attached hydrogens (tertiary/aromatic N) is 2. The molecule has 0 aliphatic rings. The summed E-state index contributed by atoms with van der Waals surface area (Å²) in [6, 6.07) is 12.6. The summed E-state index contributed by atoms with van der Waals surface area (Å²) >= 11 is 0. The smallest absolute Gasteiger partial charge is 0.103 e. The van der Waals surface area contributed by atoms with E-state index in [1.165, 1.54) is 11.1 Å². The SMILES string of the molecule is Cc1cccc(CCNc2cc(C)nc(C)c2C#N)c1. The Labute approximate surface area is 120 Å². The molecule has 0 aliphatic heterocycles. The third-order valence-corrected chi connectivity index (χ3v) is 3.25. The molecule has 2 rings (SSSR count). The van der Waals surface area contributed by atoms with Crippen LogP contribution in [-0.2, 0) is 6.42 Å². The lowest BCUT2D eigenvalue weighted by Crippen LogP contribution is -2.08. The van der Waals surface area contributed by atoms with Crippen LogP contribution in [0.25, 0.3) is 0 Å². The van der Waals surface area contributed by atoms with Crippen molar-refractivity contribution in [3.63, 3.8) is 0 Å². The van der Waals surface area contributed by atoms with Crippen LogP contribution < -0.4 is 5.32 Å². The van der Waals surface area contributed by atoms with Crippen LogP contribution in [-0.4, -0.2) is 11.5 Å². The molecular formula is C17H19N3. The highest BCUT2D eigenvalue weighted by Gasteiger charge is 2.07. The normalized spacial score (nSPS) is 10.1. The quantitative estimate of drug-likeness (QED) is 0.920. The van der Waals surface area contributed by atoms with E-state index in [1.54, 1.807) is 0 Å². The van der Waals surface area contributed by atoms with Gasteiger partial charge in [0, 0.05) is 12.2 Å². The van der Waals surface area contributed by atoms with E-state index in [0.717, 1.165) is 30.0 Å². The molecule has 0 radical (unpaired) electrons. The van der Waals surface area contributed by atoms with Gasteiger partial charge in [0.25, 0.3) is 0 Å². The van der Waals surface area contributed by atoms with Gasteiger partial charge >= 0.3 is 0 Å². The Hall–Kier alpha value is -2.34. The number of nitriles is 1. The minimum atomic E-state index is 0.639. The molecule has 0 saturated carbocycles. The summed E-state index contributed by atoms with van der Waals surface area (Å²) in [4.78, 5) is 4.32. The lowest BCUT2D eigenvalue weighted by molar-refractivity contribution is 1.01. The minimum Gasteiger partial charge on any atom is -0.384 e. The standard InChI is InChI=1S/C17H19N3/c1-12-5-4-6-15(9-12)7-8-19-17-10-13(2)20-14(3)16(17)11-18/h4-6,9-10H,7-8H2,1-3H3,(H,19,20). The van der Waals surface area contributed by atoms with Crippen molar-refractivity contribution in [3.05, 3.63) is 58.4 Å². The van der Waals surface area contributed by atoms with E-state index in [2.05, 4.69) is 47.6 Å². The van der Waals surface area contributed by atoms with Crippen molar-refractivity contribution in [2.45, 2.75) is 27.2 Å². The first-order chi connectivity index (χ1) is 9.60. The van der Waals surface area contributed by atoms with E-state index >= 15 is 0 Å². The molecule has 0 unspecified atom stereocenters. The van der Waals surface area contributed by atoms with E-state index in [9.17, 15) is 5.26 Å². The van der Waals surface area contributed by atoms with Gasteiger partial charge < -0.3 is 5.32 Å². The zero-order valence-corrected chi connectivity index (χ0v) is 12.2. The first-order valence-electron chi connectivity index (χ1n) is 6.78. The number of rotatable bonds is 4. The maximum Gasteiger partial charge on any atom is 0.103 e. The summed E-state index contributed by atoms with van der Waals surface area (Å²) < 4.78 is 0. The van der Waals surface area contributed by atoms with Gasteiger partial charge in [0.05, 0.1) is 16.9 Å². The van der Waals surface area contributed by atoms with E-state index < -0.39 is 0 Å². The Kier molecular flexibility index (Phi) is 4.37. The first-order valence-corrected chi connectivity index (χ1v) is 6.78. The predicted molar refractivity (Wildman–Crippen MR) is 81.8 cm³/mol. The second kappa shape index (κ2) is 6.21. The third-order valence-electron chi connectivity index (χ3n) is 3.25. The minimum absolute atomic E-state index is 0.639. The van der Waals surface area contributed by atoms with E-state index in [1.807, 2.05) is 19.9 Å². The summed E-state index contributed by atoms with van der Waals surface area (Å²) in [5.41, 5.74) is 5.81. The summed E-state index contributed by atoms with van der Waals surface area (Å²) in [6.07, 6.45) is 0.937. The van der Waals surface area contributed by atoms with Crippen LogP contribution in [0.5, 0.6) is 0 Å². The number of pyridine rings is 1. The number of benzene rings is 1. The lowest BCUT2D eigenvalue weighted by atomic mass is 10.1. The van der Waals surface area contributed by atoms with Crippen LogP contribution in [0.15, 0.2) is 30.3 Å². The zero-order valence-electron chi connectivity index (χ0n) is 12.2. The fraction of sp³-hybridized carbons (Fsp3) is 0.294. The number of aryl methyl sites for hydroxylation is 3. The summed E-state index contributed by atoms with van der Waals surface area (Å²) in [7, 11) is 0. The van der Waals surface area contributed by atoms with Crippen LogP contribution >= 0.6 is 0 Å². The average Bonchev–Trinajstić information content (AvgIpc) is 2.38. The molecule has 0 amide bonds. The number of nitrogens with one attached hydrogen (secondary N) is 1. The van der Waals surface area contributed by atoms with Crippen molar-refractivity contribution in [2.75, 3.05) is 11.9 Å². The van der Waals surface area contributed by atoms with Gasteiger partial charge in [0.2, 0.25) is 0 Å². The van der Waals surface area contributed by atoms with Gasteiger partial charge in [-0.2, -0.15) is 5.26 Å². The van der Waals surface area contributed by atoms with E-state index in [4.69, 9.17) is 0 Å². The number of hydrogen-bond donors (Lipinski definition) is 1. The van der Waals surface area contributed by atoms with Gasteiger partial charge in [0.15, 0.2) is 0 Å². The van der Waals surface area contributed by atoms with Gasteiger partial charge in [0.1, 0.15) is 6.07 Å². The molecule has 0 spiro atoms. The molecule has 1 N–H and O–H groups in total. The van der Waals surface area contributed by atoms with Crippen LogP contribution in [0.2, 0.25) is 0 Å². The molecule has 0 aliphatic carbocycles. The van der Waals surface area contributed by atoms with Crippen LogP contribution in [0.3, 0.4) is 0 Å². The maximum atomic E-state index is 9.21. The second-order valence-electron chi connectivity index (χ2n) is 5.05. The van der Waals surface area contributed by atoms with Gasteiger partial charge in [-0.1, -0.05) is 29.8 Å². The van der Waals surface area contributed by atoms with Gasteiger partial charge in [-0.05, 0) is 38.8 Å². The molecule has 0 atom stereocenters. The average molecular weight is 265 g/mol. The zero-order chi connectivity index (χ0) is 14.5. The molecule has 102 valence electrons. The van der Waals surface area contributed by atoms with Gasteiger partial charge in [-0.15, -0.1) is 0 Å². The largest absolute Gasteiger partial charge is 0.384 e. The van der Waals surface area contributed by atoms with Gasteiger partial charge in [-0.25, -0.2) is 0 Å².